The number of nitrogens with one attached hydrogen (secondary N) is 1. The lowest BCUT2D eigenvalue weighted by molar-refractivity contribution is 0.0954. The van der Waals surface area contributed by atoms with Gasteiger partial charge in [-0.05, 0) is 30.7 Å². The zero-order chi connectivity index (χ0) is 17.5. The maximum absolute atomic E-state index is 12.3. The molecule has 0 saturated heterocycles. The van der Waals surface area contributed by atoms with Gasteiger partial charge in [-0.1, -0.05) is 6.92 Å². The van der Waals surface area contributed by atoms with Gasteiger partial charge in [0.1, 0.15) is 0 Å². The van der Waals surface area contributed by atoms with Crippen LogP contribution in [-0.4, -0.2) is 33.5 Å². The number of aryl methyl sites for hydroxylation is 1. The van der Waals surface area contributed by atoms with Crippen molar-refractivity contribution in [1.82, 2.24) is 5.43 Å². The van der Waals surface area contributed by atoms with Gasteiger partial charge in [-0.25, -0.2) is 5.43 Å². The predicted molar refractivity (Wildman–Crippen MR) is 94.9 cm³/mol. The van der Waals surface area contributed by atoms with E-state index in [9.17, 15) is 4.79 Å². The van der Waals surface area contributed by atoms with Crippen LogP contribution >= 0.6 is 11.3 Å². The second-order valence-corrected chi connectivity index (χ2v) is 5.97. The fourth-order valence-corrected chi connectivity index (χ4v) is 2.91. The molecule has 0 unspecified atom stereocenters. The van der Waals surface area contributed by atoms with Gasteiger partial charge in [0.25, 0.3) is 5.91 Å². The van der Waals surface area contributed by atoms with Crippen molar-refractivity contribution in [3.05, 3.63) is 39.6 Å². The van der Waals surface area contributed by atoms with E-state index in [2.05, 4.69) is 17.5 Å². The van der Waals surface area contributed by atoms with E-state index >= 15 is 0 Å². The zero-order valence-electron chi connectivity index (χ0n) is 14.1. The first-order chi connectivity index (χ1) is 11.6. The topological polar surface area (TPSA) is 69.2 Å². The number of thiophene rings is 1. The second-order valence-electron chi connectivity index (χ2n) is 4.77. The van der Waals surface area contributed by atoms with E-state index in [1.165, 1.54) is 26.2 Å². The minimum atomic E-state index is -0.363. The molecule has 24 heavy (non-hydrogen) atoms. The molecular weight excluding hydrogens is 328 g/mol. The van der Waals surface area contributed by atoms with Crippen LogP contribution in [0.25, 0.3) is 0 Å². The Kier molecular flexibility index (Phi) is 6.20. The van der Waals surface area contributed by atoms with Gasteiger partial charge in [0, 0.05) is 15.3 Å². The first-order valence-electron chi connectivity index (χ1n) is 7.35. The molecule has 128 valence electrons. The van der Waals surface area contributed by atoms with Gasteiger partial charge in [0.2, 0.25) is 5.75 Å². The highest BCUT2D eigenvalue weighted by Crippen LogP contribution is 2.38. The normalized spacial score (nSPS) is 10.7. The van der Waals surface area contributed by atoms with Gasteiger partial charge >= 0.3 is 0 Å². The molecule has 0 fully saturated rings. The molecule has 0 radical (unpaired) electrons. The Morgan fingerprint density at radius 3 is 2.33 bits per heavy atom. The molecule has 0 aliphatic rings. The summed E-state index contributed by atoms with van der Waals surface area (Å²) < 4.78 is 15.7. The number of hydrazone groups is 1. The van der Waals surface area contributed by atoms with E-state index in [0.29, 0.717) is 22.8 Å². The van der Waals surface area contributed by atoms with Crippen LogP contribution in [0.4, 0.5) is 0 Å². The minimum absolute atomic E-state index is 0.363. The van der Waals surface area contributed by atoms with Crippen LogP contribution in [0.1, 0.15) is 27.0 Å². The lowest BCUT2D eigenvalue weighted by Crippen LogP contribution is -2.17. The molecular formula is C17H20N2O4S. The van der Waals surface area contributed by atoms with Crippen molar-refractivity contribution in [2.45, 2.75) is 13.3 Å². The van der Waals surface area contributed by atoms with E-state index in [-0.39, 0.29) is 5.91 Å². The number of benzene rings is 1. The Morgan fingerprint density at radius 1 is 1.17 bits per heavy atom. The Labute approximate surface area is 145 Å². The molecule has 0 aliphatic heterocycles. The highest BCUT2D eigenvalue weighted by molar-refractivity contribution is 7.13. The smallest absolute Gasteiger partial charge is 0.271 e. The fourth-order valence-electron chi connectivity index (χ4n) is 2.09. The summed E-state index contributed by atoms with van der Waals surface area (Å²) in [5.41, 5.74) is 2.86. The molecule has 0 atom stereocenters. The predicted octanol–water partition coefficient (Wildman–Crippen LogP) is 3.10. The van der Waals surface area contributed by atoms with Crippen LogP contribution < -0.4 is 19.6 Å². The number of methoxy groups -OCH3 is 3. The summed E-state index contributed by atoms with van der Waals surface area (Å²) in [6.07, 6.45) is 2.61. The standard InChI is InChI=1S/C17H20N2O4S/c1-5-12-6-7-13(24-12)10-18-19-17(20)11-8-14(21-2)16(23-4)15(9-11)22-3/h6-10H,5H2,1-4H3,(H,19,20)/b18-10+. The summed E-state index contributed by atoms with van der Waals surface area (Å²) in [5, 5.41) is 3.99. The van der Waals surface area contributed by atoms with Crippen LogP contribution in [0.15, 0.2) is 29.4 Å². The van der Waals surface area contributed by atoms with Gasteiger partial charge in [-0.2, -0.15) is 5.10 Å². The fraction of sp³-hybridized carbons (Fsp3) is 0.294. The summed E-state index contributed by atoms with van der Waals surface area (Å²) in [6, 6.07) is 7.17. The molecule has 6 nitrogen and oxygen atoms in total. The molecule has 1 aromatic heterocycles. The monoisotopic (exact) mass is 348 g/mol. The average molecular weight is 348 g/mol. The van der Waals surface area contributed by atoms with E-state index in [0.717, 1.165) is 11.3 Å². The largest absolute Gasteiger partial charge is 0.493 e. The van der Waals surface area contributed by atoms with Crippen molar-refractivity contribution in [3.63, 3.8) is 0 Å². The van der Waals surface area contributed by atoms with Crippen LogP contribution in [-0.2, 0) is 6.42 Å². The molecule has 0 spiro atoms. The number of hydrogen-bond acceptors (Lipinski definition) is 6. The molecule has 7 heteroatoms. The third-order valence-corrected chi connectivity index (χ3v) is 4.48. The van der Waals surface area contributed by atoms with Crippen molar-refractivity contribution in [2.75, 3.05) is 21.3 Å². The molecule has 2 aromatic rings. The Balaban J connectivity index is 2.14. The SMILES string of the molecule is CCc1ccc(/C=N/NC(=O)c2cc(OC)c(OC)c(OC)c2)s1. The number of carbonyl (C=O) groups is 1. The van der Waals surface area contributed by atoms with Gasteiger partial charge in [0.15, 0.2) is 11.5 Å². The third kappa shape index (κ3) is 4.05. The van der Waals surface area contributed by atoms with Crippen LogP contribution in [0.3, 0.4) is 0 Å². The van der Waals surface area contributed by atoms with Crippen molar-refractivity contribution in [3.8, 4) is 17.2 Å². The minimum Gasteiger partial charge on any atom is -0.493 e. The highest BCUT2D eigenvalue weighted by Gasteiger charge is 2.16. The lowest BCUT2D eigenvalue weighted by atomic mass is 10.1. The van der Waals surface area contributed by atoms with Gasteiger partial charge in [-0.15, -0.1) is 11.3 Å². The Hall–Kier alpha value is -2.54. The van der Waals surface area contributed by atoms with Crippen LogP contribution in [0.5, 0.6) is 17.2 Å². The van der Waals surface area contributed by atoms with E-state index < -0.39 is 0 Å². The van der Waals surface area contributed by atoms with E-state index in [4.69, 9.17) is 14.2 Å². The Morgan fingerprint density at radius 2 is 1.83 bits per heavy atom. The molecule has 1 amide bonds. The second kappa shape index (κ2) is 8.35. The van der Waals surface area contributed by atoms with Crippen molar-refractivity contribution in [2.24, 2.45) is 5.10 Å². The quantitative estimate of drug-likeness (QED) is 0.617. The number of hydrogen-bond donors (Lipinski definition) is 1. The number of nitrogens with zero attached hydrogens (tertiary/aromatic N) is 1. The van der Waals surface area contributed by atoms with Gasteiger partial charge < -0.3 is 14.2 Å². The molecule has 0 saturated carbocycles. The highest BCUT2D eigenvalue weighted by atomic mass is 32.1. The maximum Gasteiger partial charge on any atom is 0.271 e. The first kappa shape index (κ1) is 17.8. The summed E-state index contributed by atoms with van der Waals surface area (Å²) in [6.45, 7) is 2.10. The molecule has 0 bridgehead atoms. The average Bonchev–Trinajstić information content (AvgIpc) is 3.08. The van der Waals surface area contributed by atoms with Crippen molar-refractivity contribution in [1.29, 1.82) is 0 Å². The van der Waals surface area contributed by atoms with Crippen molar-refractivity contribution >= 4 is 23.5 Å². The number of ether oxygens (including phenoxy) is 3. The maximum atomic E-state index is 12.3. The summed E-state index contributed by atoms with van der Waals surface area (Å²) in [5.74, 6) is 0.900. The van der Waals surface area contributed by atoms with Gasteiger partial charge in [-0.3, -0.25) is 4.79 Å². The first-order valence-corrected chi connectivity index (χ1v) is 8.16. The zero-order valence-corrected chi connectivity index (χ0v) is 14.9. The molecule has 2 rings (SSSR count). The third-order valence-electron chi connectivity index (χ3n) is 3.32. The van der Waals surface area contributed by atoms with Crippen molar-refractivity contribution < 1.29 is 19.0 Å². The summed E-state index contributed by atoms with van der Waals surface area (Å²) in [4.78, 5) is 14.5. The van der Waals surface area contributed by atoms with Crippen LogP contribution in [0.2, 0.25) is 0 Å². The number of amides is 1. The Bertz CT molecular complexity index is 715. The number of carbonyl (C=O) groups excluding carboxylic acids is 1. The molecule has 1 N–H and O–H groups in total. The van der Waals surface area contributed by atoms with Gasteiger partial charge in [0.05, 0.1) is 27.5 Å². The lowest BCUT2D eigenvalue weighted by Gasteiger charge is -2.13. The number of rotatable bonds is 7. The molecule has 1 heterocycles. The van der Waals surface area contributed by atoms with Crippen LogP contribution in [0, 0.1) is 0 Å². The molecule has 0 aliphatic carbocycles. The van der Waals surface area contributed by atoms with E-state index in [1.54, 1.807) is 29.7 Å². The summed E-state index contributed by atoms with van der Waals surface area (Å²) in [7, 11) is 4.51. The summed E-state index contributed by atoms with van der Waals surface area (Å²) >= 11 is 1.64. The molecule has 1 aromatic carbocycles. The van der Waals surface area contributed by atoms with E-state index in [1.807, 2.05) is 12.1 Å².